The summed E-state index contributed by atoms with van der Waals surface area (Å²) < 4.78 is 37.2. The van der Waals surface area contributed by atoms with E-state index in [1.807, 2.05) is 12.1 Å². The molecule has 1 atom stereocenters. The molecule has 2 aromatic carbocycles. The second kappa shape index (κ2) is 7.81. The Morgan fingerprint density at radius 3 is 2.61 bits per heavy atom. The predicted octanol–water partition coefficient (Wildman–Crippen LogP) is 2.81. The molecule has 2 aromatic rings. The van der Waals surface area contributed by atoms with E-state index in [-0.39, 0.29) is 22.0 Å². The Balaban J connectivity index is 1.94. The number of halogens is 1. The van der Waals surface area contributed by atoms with Crippen LogP contribution < -0.4 is 4.31 Å². The molecule has 0 unspecified atom stereocenters. The summed E-state index contributed by atoms with van der Waals surface area (Å²) in [6.45, 7) is 1.64. The maximum Gasteiger partial charge on any atom is 0.346 e. The van der Waals surface area contributed by atoms with Crippen molar-refractivity contribution in [3.63, 3.8) is 0 Å². The molecule has 1 heterocycles. The first-order valence-corrected chi connectivity index (χ1v) is 10.3. The third-order valence-corrected chi connectivity index (χ3v) is 6.69. The molecule has 0 N–H and O–H groups in total. The van der Waals surface area contributed by atoms with E-state index in [0.29, 0.717) is 12.1 Å². The average Bonchev–Trinajstić information content (AvgIpc) is 3.12. The number of ether oxygens (including phenoxy) is 2. The lowest BCUT2D eigenvalue weighted by Gasteiger charge is -2.20. The number of nitrogens with zero attached hydrogens (tertiary/aromatic N) is 1. The van der Waals surface area contributed by atoms with Gasteiger partial charge in [0.15, 0.2) is 6.10 Å². The van der Waals surface area contributed by atoms with Crippen molar-refractivity contribution >= 4 is 39.3 Å². The molecule has 0 saturated heterocycles. The molecule has 0 saturated carbocycles. The molecule has 0 amide bonds. The largest absolute Gasteiger partial charge is 0.466 e. The standard InChI is InChI=1S/C19H18ClNO6S/c1-12(18(22)26-2)27-19(23)14-7-8-15(20)17(11-14)28(24,25)21-10-9-13-5-3-4-6-16(13)21/h3-8,11-12H,9-10H2,1-2H3/t12-/m0/s1. The van der Waals surface area contributed by atoms with Crippen LogP contribution in [0.15, 0.2) is 47.4 Å². The number of sulfonamides is 1. The van der Waals surface area contributed by atoms with Crippen LogP contribution in [-0.2, 0) is 30.7 Å². The van der Waals surface area contributed by atoms with Gasteiger partial charge in [0.25, 0.3) is 10.0 Å². The van der Waals surface area contributed by atoms with Gasteiger partial charge in [-0.25, -0.2) is 18.0 Å². The van der Waals surface area contributed by atoms with E-state index in [4.69, 9.17) is 16.3 Å². The van der Waals surface area contributed by atoms with Gasteiger partial charge in [0.05, 0.1) is 23.4 Å². The van der Waals surface area contributed by atoms with Crippen LogP contribution in [-0.4, -0.2) is 40.1 Å². The third kappa shape index (κ3) is 3.70. The van der Waals surface area contributed by atoms with E-state index >= 15 is 0 Å². The fourth-order valence-corrected chi connectivity index (χ4v) is 4.95. The van der Waals surface area contributed by atoms with E-state index in [0.717, 1.165) is 11.6 Å². The second-order valence-electron chi connectivity index (χ2n) is 6.17. The van der Waals surface area contributed by atoms with Crippen molar-refractivity contribution in [1.29, 1.82) is 0 Å². The van der Waals surface area contributed by atoms with Crippen LogP contribution in [0.5, 0.6) is 0 Å². The number of methoxy groups -OCH3 is 1. The van der Waals surface area contributed by atoms with E-state index in [1.165, 1.54) is 30.5 Å². The molecule has 1 aliphatic rings. The highest BCUT2D eigenvalue weighted by molar-refractivity contribution is 7.93. The first-order valence-electron chi connectivity index (χ1n) is 8.44. The molecule has 9 heteroatoms. The topological polar surface area (TPSA) is 90.0 Å². The van der Waals surface area contributed by atoms with Crippen molar-refractivity contribution in [3.8, 4) is 0 Å². The van der Waals surface area contributed by atoms with Crippen molar-refractivity contribution in [2.75, 3.05) is 18.0 Å². The fraction of sp³-hybridized carbons (Fsp3) is 0.263. The number of hydrogen-bond donors (Lipinski definition) is 0. The summed E-state index contributed by atoms with van der Waals surface area (Å²) in [6, 6.07) is 11.0. The van der Waals surface area contributed by atoms with E-state index in [2.05, 4.69) is 4.74 Å². The molecular weight excluding hydrogens is 406 g/mol. The van der Waals surface area contributed by atoms with Gasteiger partial charge in [0, 0.05) is 6.54 Å². The molecule has 3 rings (SSSR count). The van der Waals surface area contributed by atoms with Gasteiger partial charge in [-0.2, -0.15) is 0 Å². The van der Waals surface area contributed by atoms with Gasteiger partial charge in [0.1, 0.15) is 4.90 Å². The van der Waals surface area contributed by atoms with Gasteiger partial charge in [0.2, 0.25) is 0 Å². The van der Waals surface area contributed by atoms with Gasteiger partial charge in [-0.15, -0.1) is 0 Å². The van der Waals surface area contributed by atoms with Crippen LogP contribution in [0.1, 0.15) is 22.8 Å². The SMILES string of the molecule is COC(=O)[C@H](C)OC(=O)c1ccc(Cl)c(S(=O)(=O)N2CCc3ccccc32)c1. The molecule has 0 aliphatic carbocycles. The Bertz CT molecular complexity index is 1040. The molecular formula is C19H18ClNO6S. The van der Waals surface area contributed by atoms with Gasteiger partial charge < -0.3 is 9.47 Å². The highest BCUT2D eigenvalue weighted by Gasteiger charge is 2.33. The Morgan fingerprint density at radius 2 is 1.89 bits per heavy atom. The normalized spacial score (nSPS) is 14.3. The summed E-state index contributed by atoms with van der Waals surface area (Å²) in [6.07, 6.45) is -0.538. The van der Waals surface area contributed by atoms with Crippen molar-refractivity contribution in [1.82, 2.24) is 0 Å². The molecule has 0 fully saturated rings. The first-order chi connectivity index (χ1) is 13.3. The predicted molar refractivity (Wildman–Crippen MR) is 103 cm³/mol. The summed E-state index contributed by atoms with van der Waals surface area (Å²) in [7, 11) is -2.81. The summed E-state index contributed by atoms with van der Waals surface area (Å²) in [5.41, 5.74) is 1.47. The lowest BCUT2D eigenvalue weighted by atomic mass is 10.2. The van der Waals surface area contributed by atoms with Crippen molar-refractivity contribution in [2.24, 2.45) is 0 Å². The molecule has 0 aromatic heterocycles. The minimum absolute atomic E-state index is 0.0121. The summed E-state index contributed by atoms with van der Waals surface area (Å²) in [5, 5.41) is -0.0121. The van der Waals surface area contributed by atoms with Gasteiger partial charge in [-0.05, 0) is 43.2 Å². The fourth-order valence-electron chi connectivity index (χ4n) is 2.95. The molecule has 28 heavy (non-hydrogen) atoms. The van der Waals surface area contributed by atoms with Crippen LogP contribution in [0.3, 0.4) is 0 Å². The van der Waals surface area contributed by atoms with Crippen LogP contribution in [0.25, 0.3) is 0 Å². The monoisotopic (exact) mass is 423 g/mol. The lowest BCUT2D eigenvalue weighted by molar-refractivity contribution is -0.149. The van der Waals surface area contributed by atoms with Crippen molar-refractivity contribution in [2.45, 2.75) is 24.3 Å². The lowest BCUT2D eigenvalue weighted by Crippen LogP contribution is -2.29. The minimum atomic E-state index is -3.99. The number of carbonyl (C=O) groups excluding carboxylic acids is 2. The zero-order valence-electron chi connectivity index (χ0n) is 15.2. The third-order valence-electron chi connectivity index (χ3n) is 4.40. The Morgan fingerprint density at radius 1 is 1.18 bits per heavy atom. The number of carbonyl (C=O) groups is 2. The van der Waals surface area contributed by atoms with Crippen LogP contribution in [0.4, 0.5) is 5.69 Å². The molecule has 1 aliphatic heterocycles. The second-order valence-corrected chi connectivity index (χ2v) is 8.41. The Labute approximate surface area is 167 Å². The molecule has 0 radical (unpaired) electrons. The highest BCUT2D eigenvalue weighted by atomic mass is 35.5. The molecule has 0 spiro atoms. The van der Waals surface area contributed by atoms with Gasteiger partial charge >= 0.3 is 11.9 Å². The van der Waals surface area contributed by atoms with Crippen LogP contribution in [0.2, 0.25) is 5.02 Å². The zero-order chi connectivity index (χ0) is 20.5. The number of rotatable bonds is 5. The van der Waals surface area contributed by atoms with E-state index in [1.54, 1.807) is 12.1 Å². The van der Waals surface area contributed by atoms with Crippen LogP contribution in [0, 0.1) is 0 Å². The number of anilines is 1. The molecule has 148 valence electrons. The summed E-state index contributed by atoms with van der Waals surface area (Å²) in [5.74, 6) is -1.57. The summed E-state index contributed by atoms with van der Waals surface area (Å²) >= 11 is 6.14. The Kier molecular flexibility index (Phi) is 5.62. The smallest absolute Gasteiger partial charge is 0.346 e. The maximum absolute atomic E-state index is 13.2. The maximum atomic E-state index is 13.2. The number of esters is 2. The van der Waals surface area contributed by atoms with E-state index in [9.17, 15) is 18.0 Å². The minimum Gasteiger partial charge on any atom is -0.466 e. The van der Waals surface area contributed by atoms with Gasteiger partial charge in [-0.1, -0.05) is 29.8 Å². The summed E-state index contributed by atoms with van der Waals surface area (Å²) in [4.78, 5) is 23.5. The first kappa shape index (κ1) is 20.2. The van der Waals surface area contributed by atoms with Crippen molar-refractivity contribution < 1.29 is 27.5 Å². The average molecular weight is 424 g/mol. The van der Waals surface area contributed by atoms with Crippen molar-refractivity contribution in [3.05, 3.63) is 58.6 Å². The number of benzene rings is 2. The number of para-hydroxylation sites is 1. The molecule has 7 nitrogen and oxygen atoms in total. The number of hydrogen-bond acceptors (Lipinski definition) is 6. The number of fused-ring (bicyclic) bond motifs is 1. The highest BCUT2D eigenvalue weighted by Crippen LogP contribution is 2.35. The molecule has 0 bridgehead atoms. The quantitative estimate of drug-likeness (QED) is 0.687. The Hall–Kier alpha value is -2.58. The zero-order valence-corrected chi connectivity index (χ0v) is 16.8. The van der Waals surface area contributed by atoms with E-state index < -0.39 is 28.1 Å². The van der Waals surface area contributed by atoms with Gasteiger partial charge in [-0.3, -0.25) is 4.31 Å². The van der Waals surface area contributed by atoms with Crippen LogP contribution >= 0.6 is 11.6 Å².